The first kappa shape index (κ1) is 19.3. The molecule has 1 amide bonds. The molecule has 4 aromatic rings. The fourth-order valence-electron chi connectivity index (χ4n) is 3.11. The van der Waals surface area contributed by atoms with Gasteiger partial charge in [-0.25, -0.2) is 9.67 Å². The van der Waals surface area contributed by atoms with E-state index in [0.29, 0.717) is 29.0 Å². The van der Waals surface area contributed by atoms with E-state index in [2.05, 4.69) is 25.6 Å². The minimum absolute atomic E-state index is 0.142. The highest BCUT2D eigenvalue weighted by atomic mass is 16.5. The summed E-state index contributed by atoms with van der Waals surface area (Å²) in [6, 6.07) is 14.3. The van der Waals surface area contributed by atoms with E-state index in [9.17, 15) is 9.59 Å². The summed E-state index contributed by atoms with van der Waals surface area (Å²) in [6.07, 6.45) is 0. The van der Waals surface area contributed by atoms with Gasteiger partial charge >= 0.3 is 0 Å². The van der Waals surface area contributed by atoms with Gasteiger partial charge < -0.3 is 10.1 Å². The zero-order valence-electron chi connectivity index (χ0n) is 16.5. The SMILES string of the molecule is CCn1nc(C(=O)NCc2nc(-c3ccc(OC)cc3)n[nH]2)c2ccccc2c1=O. The summed E-state index contributed by atoms with van der Waals surface area (Å²) in [6.45, 7) is 2.32. The number of ether oxygens (including phenoxy) is 1. The molecule has 2 N–H and O–H groups in total. The van der Waals surface area contributed by atoms with Crippen LogP contribution in [0.5, 0.6) is 5.75 Å². The molecule has 0 atom stereocenters. The number of rotatable bonds is 6. The molecule has 0 aliphatic carbocycles. The van der Waals surface area contributed by atoms with Crippen molar-refractivity contribution in [3.63, 3.8) is 0 Å². The average molecular weight is 404 g/mol. The molecule has 0 unspecified atom stereocenters. The van der Waals surface area contributed by atoms with Gasteiger partial charge in [0, 0.05) is 17.5 Å². The van der Waals surface area contributed by atoms with E-state index in [1.54, 1.807) is 38.3 Å². The van der Waals surface area contributed by atoms with Crippen molar-refractivity contribution in [1.29, 1.82) is 0 Å². The van der Waals surface area contributed by atoms with E-state index >= 15 is 0 Å². The molecule has 0 fully saturated rings. The lowest BCUT2D eigenvalue weighted by Gasteiger charge is -2.09. The Labute approximate surface area is 171 Å². The first-order valence-corrected chi connectivity index (χ1v) is 9.44. The van der Waals surface area contributed by atoms with Crippen LogP contribution in [0.2, 0.25) is 0 Å². The van der Waals surface area contributed by atoms with Crippen molar-refractivity contribution < 1.29 is 9.53 Å². The number of H-pyrrole nitrogens is 1. The van der Waals surface area contributed by atoms with E-state index < -0.39 is 5.91 Å². The third-order valence-electron chi connectivity index (χ3n) is 4.68. The molecule has 30 heavy (non-hydrogen) atoms. The second kappa shape index (κ2) is 8.16. The largest absolute Gasteiger partial charge is 0.497 e. The van der Waals surface area contributed by atoms with E-state index in [1.807, 2.05) is 24.3 Å². The normalized spacial score (nSPS) is 10.9. The second-order valence-electron chi connectivity index (χ2n) is 6.53. The van der Waals surface area contributed by atoms with E-state index in [-0.39, 0.29) is 17.8 Å². The molecule has 0 saturated heterocycles. The second-order valence-corrected chi connectivity index (χ2v) is 6.53. The first-order valence-electron chi connectivity index (χ1n) is 9.44. The highest BCUT2D eigenvalue weighted by Gasteiger charge is 2.16. The maximum Gasteiger partial charge on any atom is 0.274 e. The third-order valence-corrected chi connectivity index (χ3v) is 4.68. The number of aromatic amines is 1. The summed E-state index contributed by atoms with van der Waals surface area (Å²) >= 11 is 0. The number of nitrogens with zero attached hydrogens (tertiary/aromatic N) is 4. The number of hydrogen-bond acceptors (Lipinski definition) is 6. The monoisotopic (exact) mass is 404 g/mol. The third kappa shape index (κ3) is 3.64. The Kier molecular flexibility index (Phi) is 5.25. The zero-order chi connectivity index (χ0) is 21.1. The Hall–Kier alpha value is -4.01. The molecule has 4 rings (SSSR count). The lowest BCUT2D eigenvalue weighted by Crippen LogP contribution is -2.30. The molecule has 9 heteroatoms. The first-order chi connectivity index (χ1) is 14.6. The molecule has 9 nitrogen and oxygen atoms in total. The Morgan fingerprint density at radius 1 is 1.13 bits per heavy atom. The summed E-state index contributed by atoms with van der Waals surface area (Å²) in [5.74, 6) is 1.37. The van der Waals surface area contributed by atoms with Crippen molar-refractivity contribution >= 4 is 16.7 Å². The lowest BCUT2D eigenvalue weighted by atomic mass is 10.1. The Balaban J connectivity index is 1.54. The summed E-state index contributed by atoms with van der Waals surface area (Å²) < 4.78 is 6.43. The number of aryl methyl sites for hydroxylation is 1. The molecule has 2 aromatic heterocycles. The maximum absolute atomic E-state index is 12.8. The molecule has 0 bridgehead atoms. The van der Waals surface area contributed by atoms with Gasteiger partial charge in [0.2, 0.25) is 0 Å². The minimum Gasteiger partial charge on any atom is -0.497 e. The van der Waals surface area contributed by atoms with Crippen LogP contribution in [0.1, 0.15) is 23.2 Å². The predicted molar refractivity (Wildman–Crippen MR) is 111 cm³/mol. The topological polar surface area (TPSA) is 115 Å². The van der Waals surface area contributed by atoms with Crippen LogP contribution in [0.3, 0.4) is 0 Å². The molecule has 2 heterocycles. The van der Waals surface area contributed by atoms with Gasteiger partial charge in [0.05, 0.1) is 19.0 Å². The van der Waals surface area contributed by atoms with Crippen LogP contribution >= 0.6 is 0 Å². The molecule has 0 saturated carbocycles. The van der Waals surface area contributed by atoms with Gasteiger partial charge in [-0.2, -0.15) is 10.2 Å². The smallest absolute Gasteiger partial charge is 0.274 e. The average Bonchev–Trinajstić information content (AvgIpc) is 3.27. The molecule has 152 valence electrons. The van der Waals surface area contributed by atoms with Crippen LogP contribution in [0, 0.1) is 0 Å². The molecule has 0 radical (unpaired) electrons. The number of aromatic nitrogens is 5. The van der Waals surface area contributed by atoms with E-state index in [0.717, 1.165) is 11.3 Å². The van der Waals surface area contributed by atoms with Gasteiger partial charge in [0.15, 0.2) is 11.5 Å². The summed E-state index contributed by atoms with van der Waals surface area (Å²) in [7, 11) is 1.60. The van der Waals surface area contributed by atoms with Crippen LogP contribution in [-0.4, -0.2) is 38.0 Å². The van der Waals surface area contributed by atoms with Crippen LogP contribution < -0.4 is 15.6 Å². The van der Waals surface area contributed by atoms with E-state index in [4.69, 9.17) is 4.74 Å². The highest BCUT2D eigenvalue weighted by Crippen LogP contribution is 2.19. The minimum atomic E-state index is -0.393. The predicted octanol–water partition coefficient (Wildman–Crippen LogP) is 2.14. The molecule has 0 aliphatic heterocycles. The molecule has 0 aliphatic rings. The number of amides is 1. The fourth-order valence-corrected chi connectivity index (χ4v) is 3.11. The Morgan fingerprint density at radius 2 is 1.87 bits per heavy atom. The number of benzene rings is 2. The molecular formula is C21H20N6O3. The van der Waals surface area contributed by atoms with Crippen molar-refractivity contribution in [3.8, 4) is 17.1 Å². The zero-order valence-corrected chi connectivity index (χ0v) is 16.5. The summed E-state index contributed by atoms with van der Waals surface area (Å²) in [5.41, 5.74) is 0.804. The number of methoxy groups -OCH3 is 1. The van der Waals surface area contributed by atoms with Crippen molar-refractivity contribution in [1.82, 2.24) is 30.3 Å². The summed E-state index contributed by atoms with van der Waals surface area (Å²) in [4.78, 5) is 29.6. The van der Waals surface area contributed by atoms with Crippen LogP contribution in [0.15, 0.2) is 53.3 Å². The van der Waals surface area contributed by atoms with Crippen molar-refractivity contribution in [2.45, 2.75) is 20.0 Å². The van der Waals surface area contributed by atoms with Crippen molar-refractivity contribution in [2.24, 2.45) is 0 Å². The van der Waals surface area contributed by atoms with Crippen LogP contribution in [0.4, 0.5) is 0 Å². The molecule has 0 spiro atoms. The van der Waals surface area contributed by atoms with Crippen molar-refractivity contribution in [3.05, 3.63) is 70.4 Å². The quantitative estimate of drug-likeness (QED) is 0.509. The summed E-state index contributed by atoms with van der Waals surface area (Å²) in [5, 5.41) is 15.0. The molecular weight excluding hydrogens is 384 g/mol. The standard InChI is InChI=1S/C21H20N6O3/c1-3-27-21(29)16-7-5-4-6-15(16)18(26-27)20(28)22-12-17-23-19(25-24-17)13-8-10-14(30-2)11-9-13/h4-11H,3,12H2,1-2H3,(H,22,28)(H,23,24,25). The Morgan fingerprint density at radius 3 is 2.57 bits per heavy atom. The van der Waals surface area contributed by atoms with Crippen LogP contribution in [0.25, 0.3) is 22.2 Å². The fraction of sp³-hybridized carbons (Fsp3) is 0.190. The van der Waals surface area contributed by atoms with Gasteiger partial charge in [-0.15, -0.1) is 0 Å². The van der Waals surface area contributed by atoms with Crippen molar-refractivity contribution in [2.75, 3.05) is 7.11 Å². The lowest BCUT2D eigenvalue weighted by molar-refractivity contribution is 0.0944. The number of hydrogen-bond donors (Lipinski definition) is 2. The van der Waals surface area contributed by atoms with Gasteiger partial charge in [-0.1, -0.05) is 18.2 Å². The van der Waals surface area contributed by atoms with E-state index in [1.165, 1.54) is 4.68 Å². The maximum atomic E-state index is 12.8. The van der Waals surface area contributed by atoms with Gasteiger partial charge in [0.1, 0.15) is 11.6 Å². The highest BCUT2D eigenvalue weighted by molar-refractivity contribution is 6.04. The van der Waals surface area contributed by atoms with Crippen LogP contribution in [-0.2, 0) is 13.1 Å². The van der Waals surface area contributed by atoms with Gasteiger partial charge in [0.25, 0.3) is 11.5 Å². The van der Waals surface area contributed by atoms with Gasteiger partial charge in [-0.3, -0.25) is 14.7 Å². The number of nitrogens with one attached hydrogen (secondary N) is 2. The Bertz CT molecular complexity index is 1260. The number of fused-ring (bicyclic) bond motifs is 1. The number of carbonyl (C=O) groups excluding carboxylic acids is 1. The van der Waals surface area contributed by atoms with Gasteiger partial charge in [-0.05, 0) is 37.3 Å². The molecule has 2 aromatic carbocycles. The number of carbonyl (C=O) groups is 1.